The van der Waals surface area contributed by atoms with Gasteiger partial charge in [-0.15, -0.1) is 0 Å². The lowest BCUT2D eigenvalue weighted by atomic mass is 9.88. The van der Waals surface area contributed by atoms with Gasteiger partial charge in [0.25, 0.3) is 0 Å². The van der Waals surface area contributed by atoms with Gasteiger partial charge in [-0.3, -0.25) is 0 Å². The molecule has 1 nitrogen and oxygen atoms in total. The van der Waals surface area contributed by atoms with Crippen molar-refractivity contribution in [3.8, 4) is 0 Å². The maximum absolute atomic E-state index is 5.85. The fourth-order valence-corrected chi connectivity index (χ4v) is 1.95. The van der Waals surface area contributed by atoms with E-state index in [1.165, 1.54) is 18.4 Å². The van der Waals surface area contributed by atoms with Crippen LogP contribution in [0.5, 0.6) is 0 Å². The van der Waals surface area contributed by atoms with Crippen LogP contribution in [0.3, 0.4) is 0 Å². The highest BCUT2D eigenvalue weighted by Gasteiger charge is 2.29. The molecule has 0 amide bonds. The van der Waals surface area contributed by atoms with Gasteiger partial charge < -0.3 is 4.74 Å². The van der Waals surface area contributed by atoms with Crippen LogP contribution in [0.2, 0.25) is 0 Å². The molecule has 0 N–H and O–H groups in total. The Bertz CT molecular complexity index is 260. The fourth-order valence-electron chi connectivity index (χ4n) is 1.95. The number of hydrogen-bond donors (Lipinski definition) is 0. The molecule has 0 spiro atoms. The zero-order valence-electron chi connectivity index (χ0n) is 8.12. The van der Waals surface area contributed by atoms with Crippen molar-refractivity contribution >= 4 is 0 Å². The number of benzene rings is 1. The lowest BCUT2D eigenvalue weighted by Crippen LogP contribution is -2.29. The fraction of sp³-hybridized carbons (Fsp3) is 0.500. The molecule has 1 aliphatic heterocycles. The highest BCUT2D eigenvalue weighted by molar-refractivity contribution is 5.22. The van der Waals surface area contributed by atoms with Crippen molar-refractivity contribution in [3.63, 3.8) is 0 Å². The minimum atomic E-state index is -0.0283. The molecular weight excluding hydrogens is 160 g/mol. The van der Waals surface area contributed by atoms with Gasteiger partial charge in [-0.05, 0) is 31.7 Å². The molecule has 0 aliphatic carbocycles. The molecule has 1 unspecified atom stereocenters. The zero-order valence-corrected chi connectivity index (χ0v) is 8.12. The van der Waals surface area contributed by atoms with E-state index in [9.17, 15) is 0 Å². The molecule has 1 aromatic rings. The average Bonchev–Trinajstić information content (AvgIpc) is 2.20. The Hall–Kier alpha value is -0.820. The van der Waals surface area contributed by atoms with Gasteiger partial charge in [0.05, 0.1) is 5.60 Å². The first-order valence-electron chi connectivity index (χ1n) is 5.01. The maximum Gasteiger partial charge on any atom is 0.0903 e. The first-order chi connectivity index (χ1) is 6.31. The topological polar surface area (TPSA) is 9.23 Å². The molecule has 0 bridgehead atoms. The SMILES string of the molecule is CC1(c2ccccc2)CCCCO1. The van der Waals surface area contributed by atoms with Crippen molar-refractivity contribution in [2.45, 2.75) is 31.8 Å². The van der Waals surface area contributed by atoms with Gasteiger partial charge in [0.2, 0.25) is 0 Å². The average molecular weight is 176 g/mol. The highest BCUT2D eigenvalue weighted by atomic mass is 16.5. The summed E-state index contributed by atoms with van der Waals surface area (Å²) in [4.78, 5) is 0. The van der Waals surface area contributed by atoms with E-state index in [0.29, 0.717) is 0 Å². The van der Waals surface area contributed by atoms with Crippen LogP contribution in [-0.2, 0) is 10.3 Å². The van der Waals surface area contributed by atoms with Crippen LogP contribution in [0.4, 0.5) is 0 Å². The van der Waals surface area contributed by atoms with Crippen LogP contribution < -0.4 is 0 Å². The van der Waals surface area contributed by atoms with E-state index in [1.54, 1.807) is 0 Å². The predicted octanol–water partition coefficient (Wildman–Crippen LogP) is 3.10. The van der Waals surface area contributed by atoms with Gasteiger partial charge in [-0.2, -0.15) is 0 Å². The van der Waals surface area contributed by atoms with E-state index in [4.69, 9.17) is 4.74 Å². The molecule has 1 atom stereocenters. The normalized spacial score (nSPS) is 28.7. The number of ether oxygens (including phenoxy) is 1. The summed E-state index contributed by atoms with van der Waals surface area (Å²) < 4.78 is 5.85. The standard InChI is InChI=1S/C12H16O/c1-12(9-5-6-10-13-12)11-7-3-2-4-8-11/h2-4,7-8H,5-6,9-10H2,1H3. The van der Waals surface area contributed by atoms with Crippen molar-refractivity contribution in [1.82, 2.24) is 0 Å². The summed E-state index contributed by atoms with van der Waals surface area (Å²) in [5.41, 5.74) is 1.29. The summed E-state index contributed by atoms with van der Waals surface area (Å²) in [5.74, 6) is 0. The molecule has 1 saturated heterocycles. The first kappa shape index (κ1) is 8.76. The smallest absolute Gasteiger partial charge is 0.0903 e. The van der Waals surface area contributed by atoms with Crippen LogP contribution in [0.1, 0.15) is 31.7 Å². The van der Waals surface area contributed by atoms with Gasteiger partial charge in [0.15, 0.2) is 0 Å². The minimum absolute atomic E-state index is 0.0283. The second-order valence-electron chi connectivity index (χ2n) is 3.90. The van der Waals surface area contributed by atoms with Gasteiger partial charge in [-0.25, -0.2) is 0 Å². The molecule has 1 aromatic carbocycles. The zero-order chi connectivity index (χ0) is 9.15. The lowest BCUT2D eigenvalue weighted by Gasteiger charge is -2.34. The molecule has 0 radical (unpaired) electrons. The van der Waals surface area contributed by atoms with E-state index in [1.807, 2.05) is 0 Å². The predicted molar refractivity (Wildman–Crippen MR) is 53.6 cm³/mol. The van der Waals surface area contributed by atoms with Gasteiger partial charge in [0.1, 0.15) is 0 Å². The third kappa shape index (κ3) is 1.75. The molecule has 0 aromatic heterocycles. The van der Waals surface area contributed by atoms with Crippen molar-refractivity contribution in [3.05, 3.63) is 35.9 Å². The summed E-state index contributed by atoms with van der Waals surface area (Å²) in [6.07, 6.45) is 3.64. The summed E-state index contributed by atoms with van der Waals surface area (Å²) in [5, 5.41) is 0. The number of rotatable bonds is 1. The first-order valence-corrected chi connectivity index (χ1v) is 5.01. The molecule has 70 valence electrons. The Morgan fingerprint density at radius 3 is 2.54 bits per heavy atom. The summed E-state index contributed by atoms with van der Waals surface area (Å²) in [6, 6.07) is 10.5. The van der Waals surface area contributed by atoms with Gasteiger partial charge >= 0.3 is 0 Å². The number of hydrogen-bond acceptors (Lipinski definition) is 1. The Morgan fingerprint density at radius 1 is 1.15 bits per heavy atom. The van der Waals surface area contributed by atoms with Crippen molar-refractivity contribution in [2.24, 2.45) is 0 Å². The third-order valence-electron chi connectivity index (χ3n) is 2.85. The van der Waals surface area contributed by atoms with Crippen LogP contribution in [0, 0.1) is 0 Å². The monoisotopic (exact) mass is 176 g/mol. The van der Waals surface area contributed by atoms with Crippen LogP contribution in [0.15, 0.2) is 30.3 Å². The van der Waals surface area contributed by atoms with E-state index in [2.05, 4.69) is 37.3 Å². The van der Waals surface area contributed by atoms with E-state index >= 15 is 0 Å². The molecule has 1 heterocycles. The Kier molecular flexibility index (Phi) is 2.36. The Labute approximate surface area is 79.7 Å². The summed E-state index contributed by atoms with van der Waals surface area (Å²) in [6.45, 7) is 3.10. The highest BCUT2D eigenvalue weighted by Crippen LogP contribution is 2.34. The van der Waals surface area contributed by atoms with E-state index < -0.39 is 0 Å². The van der Waals surface area contributed by atoms with Crippen LogP contribution in [0.25, 0.3) is 0 Å². The van der Waals surface area contributed by atoms with Gasteiger partial charge in [0, 0.05) is 6.61 Å². The van der Waals surface area contributed by atoms with Crippen LogP contribution >= 0.6 is 0 Å². The van der Waals surface area contributed by atoms with Crippen LogP contribution in [-0.4, -0.2) is 6.61 Å². The Morgan fingerprint density at radius 2 is 1.92 bits per heavy atom. The second-order valence-corrected chi connectivity index (χ2v) is 3.90. The largest absolute Gasteiger partial charge is 0.371 e. The molecule has 1 fully saturated rings. The van der Waals surface area contributed by atoms with E-state index in [-0.39, 0.29) is 5.60 Å². The van der Waals surface area contributed by atoms with E-state index in [0.717, 1.165) is 13.0 Å². The molecular formula is C12H16O. The Balaban J connectivity index is 2.23. The molecule has 13 heavy (non-hydrogen) atoms. The quantitative estimate of drug-likeness (QED) is 0.639. The van der Waals surface area contributed by atoms with Crippen molar-refractivity contribution in [2.75, 3.05) is 6.61 Å². The molecule has 1 aliphatic rings. The van der Waals surface area contributed by atoms with Gasteiger partial charge in [-0.1, -0.05) is 30.3 Å². The minimum Gasteiger partial charge on any atom is -0.371 e. The molecule has 2 rings (SSSR count). The van der Waals surface area contributed by atoms with Crippen molar-refractivity contribution in [1.29, 1.82) is 0 Å². The summed E-state index contributed by atoms with van der Waals surface area (Å²) in [7, 11) is 0. The molecule has 0 saturated carbocycles. The van der Waals surface area contributed by atoms with Crippen molar-refractivity contribution < 1.29 is 4.74 Å². The second kappa shape index (κ2) is 3.51. The third-order valence-corrected chi connectivity index (χ3v) is 2.85. The lowest BCUT2D eigenvalue weighted by molar-refractivity contribution is -0.0701. The molecule has 1 heteroatoms. The summed E-state index contributed by atoms with van der Waals surface area (Å²) >= 11 is 0. The maximum atomic E-state index is 5.85.